The van der Waals surface area contributed by atoms with Crippen LogP contribution in [0.15, 0.2) is 17.2 Å². The van der Waals surface area contributed by atoms with Gasteiger partial charge in [0.05, 0.1) is 6.61 Å². The average molecular weight is 300 g/mol. The number of aliphatic hydroxyl groups excluding tert-OH is 1. The van der Waals surface area contributed by atoms with Gasteiger partial charge in [-0.25, -0.2) is 12.7 Å². The highest BCUT2D eigenvalue weighted by molar-refractivity contribution is 7.89. The summed E-state index contributed by atoms with van der Waals surface area (Å²) in [6.07, 6.45) is 6.00. The van der Waals surface area contributed by atoms with E-state index in [2.05, 4.69) is 0 Å². The summed E-state index contributed by atoms with van der Waals surface area (Å²) in [5, 5.41) is 9.33. The van der Waals surface area contributed by atoms with Crippen LogP contribution in [0.3, 0.4) is 0 Å². The van der Waals surface area contributed by atoms with E-state index in [4.69, 9.17) is 0 Å². The van der Waals surface area contributed by atoms with Crippen molar-refractivity contribution in [3.8, 4) is 0 Å². The summed E-state index contributed by atoms with van der Waals surface area (Å²) in [5.74, 6) is 0.504. The van der Waals surface area contributed by atoms with Gasteiger partial charge in [-0.3, -0.25) is 0 Å². The summed E-state index contributed by atoms with van der Waals surface area (Å²) in [6, 6.07) is 1.59. The van der Waals surface area contributed by atoms with E-state index >= 15 is 0 Å². The van der Waals surface area contributed by atoms with Crippen molar-refractivity contribution in [2.45, 2.75) is 50.7 Å². The maximum atomic E-state index is 12.5. The average Bonchev–Trinajstić information content (AvgIpc) is 2.77. The zero-order chi connectivity index (χ0) is 14.8. The molecule has 0 aliphatic heterocycles. The lowest BCUT2D eigenvalue weighted by Crippen LogP contribution is -2.34. The number of hydrogen-bond donors (Lipinski definition) is 1. The molecular weight excluding hydrogens is 276 g/mol. The molecule has 1 aliphatic carbocycles. The van der Waals surface area contributed by atoms with Gasteiger partial charge in [0.1, 0.15) is 4.90 Å². The van der Waals surface area contributed by atoms with E-state index < -0.39 is 10.0 Å². The van der Waals surface area contributed by atoms with Crippen molar-refractivity contribution in [1.29, 1.82) is 0 Å². The lowest BCUT2D eigenvalue weighted by molar-refractivity contribution is 0.263. The molecule has 0 atom stereocenters. The van der Waals surface area contributed by atoms with Crippen LogP contribution in [0, 0.1) is 5.92 Å². The third-order valence-corrected chi connectivity index (χ3v) is 5.82. The number of aromatic nitrogens is 1. The maximum Gasteiger partial charge on any atom is 0.244 e. The first-order valence-corrected chi connectivity index (χ1v) is 8.69. The minimum atomic E-state index is -3.44. The molecule has 1 heterocycles. The Labute approximate surface area is 121 Å². The molecular formula is C14H24N2O3S. The highest BCUT2D eigenvalue weighted by Crippen LogP contribution is 2.28. The molecule has 0 bridgehead atoms. The summed E-state index contributed by atoms with van der Waals surface area (Å²) >= 11 is 0. The van der Waals surface area contributed by atoms with Gasteiger partial charge in [-0.1, -0.05) is 13.3 Å². The molecule has 1 N–H and O–H groups in total. The second-order valence-corrected chi connectivity index (χ2v) is 7.65. The summed E-state index contributed by atoms with van der Waals surface area (Å²) in [6.45, 7) is 3.20. The number of hydrogen-bond acceptors (Lipinski definition) is 3. The van der Waals surface area contributed by atoms with Gasteiger partial charge in [0.25, 0.3) is 0 Å². The van der Waals surface area contributed by atoms with Gasteiger partial charge >= 0.3 is 0 Å². The second kappa shape index (κ2) is 6.28. The van der Waals surface area contributed by atoms with Crippen LogP contribution in [-0.2, 0) is 23.2 Å². The third kappa shape index (κ3) is 3.07. The van der Waals surface area contributed by atoms with Crippen LogP contribution in [0.2, 0.25) is 0 Å². The molecule has 2 rings (SSSR count). The van der Waals surface area contributed by atoms with Gasteiger partial charge in [-0.05, 0) is 31.2 Å². The molecule has 5 nitrogen and oxygen atoms in total. The zero-order valence-corrected chi connectivity index (χ0v) is 13.1. The summed E-state index contributed by atoms with van der Waals surface area (Å²) < 4.78 is 28.3. The molecule has 114 valence electrons. The standard InChI is InChI=1S/C14H24N2O3S/c1-3-7-16-10-14(8-13(16)11-17)20(18,19)15(2)9-12-5-4-6-12/h8,10,12,17H,3-7,9,11H2,1-2H3. The normalized spacial score (nSPS) is 16.6. The monoisotopic (exact) mass is 300 g/mol. The van der Waals surface area contributed by atoms with E-state index in [0.717, 1.165) is 25.8 Å². The molecule has 0 unspecified atom stereocenters. The zero-order valence-electron chi connectivity index (χ0n) is 12.2. The van der Waals surface area contributed by atoms with Crippen molar-refractivity contribution in [2.75, 3.05) is 13.6 Å². The molecule has 0 saturated heterocycles. The molecule has 1 aliphatic rings. The van der Waals surface area contributed by atoms with E-state index in [1.165, 1.54) is 10.7 Å². The minimum absolute atomic E-state index is 0.137. The Hall–Kier alpha value is -0.850. The van der Waals surface area contributed by atoms with Gasteiger partial charge in [-0.15, -0.1) is 0 Å². The van der Waals surface area contributed by atoms with Crippen molar-refractivity contribution in [1.82, 2.24) is 8.87 Å². The smallest absolute Gasteiger partial charge is 0.244 e. The fraction of sp³-hybridized carbons (Fsp3) is 0.714. The first-order chi connectivity index (χ1) is 9.48. The Bertz CT molecular complexity index is 547. The van der Waals surface area contributed by atoms with Gasteiger partial charge in [0, 0.05) is 32.0 Å². The molecule has 1 aromatic heterocycles. The largest absolute Gasteiger partial charge is 0.390 e. The van der Waals surface area contributed by atoms with Crippen molar-refractivity contribution in [2.24, 2.45) is 5.92 Å². The van der Waals surface area contributed by atoms with Crippen LogP contribution in [0.1, 0.15) is 38.3 Å². The van der Waals surface area contributed by atoms with Gasteiger partial charge < -0.3 is 9.67 Å². The fourth-order valence-corrected chi connectivity index (χ4v) is 3.88. The van der Waals surface area contributed by atoms with Gasteiger partial charge in [0.15, 0.2) is 0 Å². The number of nitrogens with zero attached hydrogens (tertiary/aromatic N) is 2. The molecule has 0 amide bonds. The van der Waals surface area contributed by atoms with Gasteiger partial charge in [-0.2, -0.15) is 0 Å². The Kier molecular flexibility index (Phi) is 4.88. The fourth-order valence-electron chi connectivity index (χ4n) is 2.56. The summed E-state index contributed by atoms with van der Waals surface area (Å²) in [4.78, 5) is 0.289. The van der Waals surface area contributed by atoms with Crippen molar-refractivity contribution < 1.29 is 13.5 Å². The highest BCUT2D eigenvalue weighted by Gasteiger charge is 2.28. The Morgan fingerprint density at radius 3 is 2.65 bits per heavy atom. The minimum Gasteiger partial charge on any atom is -0.390 e. The van der Waals surface area contributed by atoms with E-state index in [0.29, 0.717) is 18.2 Å². The second-order valence-electron chi connectivity index (χ2n) is 5.60. The van der Waals surface area contributed by atoms with Crippen molar-refractivity contribution in [3.63, 3.8) is 0 Å². The van der Waals surface area contributed by atoms with Crippen LogP contribution >= 0.6 is 0 Å². The van der Waals surface area contributed by atoms with E-state index in [9.17, 15) is 13.5 Å². The maximum absolute atomic E-state index is 12.5. The van der Waals surface area contributed by atoms with Crippen LogP contribution in [0.4, 0.5) is 0 Å². The van der Waals surface area contributed by atoms with Crippen molar-refractivity contribution in [3.05, 3.63) is 18.0 Å². The van der Waals surface area contributed by atoms with Crippen LogP contribution in [0.25, 0.3) is 0 Å². The summed E-state index contributed by atoms with van der Waals surface area (Å²) in [5.41, 5.74) is 0.655. The highest BCUT2D eigenvalue weighted by atomic mass is 32.2. The Morgan fingerprint density at radius 2 is 2.15 bits per heavy atom. The van der Waals surface area contributed by atoms with E-state index in [1.54, 1.807) is 19.3 Å². The molecule has 20 heavy (non-hydrogen) atoms. The van der Waals surface area contributed by atoms with E-state index in [1.807, 2.05) is 11.5 Å². The predicted octanol–water partition coefficient (Wildman–Crippen LogP) is 1.81. The Morgan fingerprint density at radius 1 is 1.45 bits per heavy atom. The number of rotatable bonds is 7. The van der Waals surface area contributed by atoms with Gasteiger partial charge in [0.2, 0.25) is 10.0 Å². The third-order valence-electron chi connectivity index (χ3n) is 4.04. The lowest BCUT2D eigenvalue weighted by atomic mass is 9.86. The van der Waals surface area contributed by atoms with Crippen LogP contribution < -0.4 is 0 Å². The van der Waals surface area contributed by atoms with Crippen LogP contribution in [-0.4, -0.2) is 36.0 Å². The summed E-state index contributed by atoms with van der Waals surface area (Å²) in [7, 11) is -1.80. The predicted molar refractivity (Wildman–Crippen MR) is 77.8 cm³/mol. The number of sulfonamides is 1. The molecule has 1 fully saturated rings. The number of aliphatic hydroxyl groups is 1. The Balaban J connectivity index is 2.19. The molecule has 0 spiro atoms. The molecule has 0 aromatic carbocycles. The molecule has 0 radical (unpaired) electrons. The SMILES string of the molecule is CCCn1cc(S(=O)(=O)N(C)CC2CCC2)cc1CO. The molecule has 1 aromatic rings. The first-order valence-electron chi connectivity index (χ1n) is 7.25. The lowest BCUT2D eigenvalue weighted by Gasteiger charge is -2.29. The van der Waals surface area contributed by atoms with Crippen molar-refractivity contribution >= 4 is 10.0 Å². The number of aryl methyl sites for hydroxylation is 1. The topological polar surface area (TPSA) is 62.5 Å². The quantitative estimate of drug-likeness (QED) is 0.835. The van der Waals surface area contributed by atoms with Crippen LogP contribution in [0.5, 0.6) is 0 Å². The molecule has 1 saturated carbocycles. The molecule has 6 heteroatoms. The first kappa shape index (κ1) is 15.5. The van der Waals surface area contributed by atoms with E-state index in [-0.39, 0.29) is 11.5 Å².